The molecule has 0 saturated heterocycles. The lowest BCUT2D eigenvalue weighted by molar-refractivity contribution is -0.257. The van der Waals surface area contributed by atoms with E-state index in [1.54, 1.807) is 34.7 Å². The first-order valence-corrected chi connectivity index (χ1v) is 11.2. The molecule has 0 radical (unpaired) electrons. The molecule has 0 spiro atoms. The van der Waals surface area contributed by atoms with Crippen LogP contribution >= 0.6 is 0 Å². The lowest BCUT2D eigenvalue weighted by atomic mass is 10.1. The molecule has 190 valence electrons. The molecule has 3 rings (SSSR count). The van der Waals surface area contributed by atoms with Crippen molar-refractivity contribution < 1.29 is 33.4 Å². The molecule has 1 aliphatic heterocycles. The number of carboxylic acid groups (broad SMARTS) is 1. The Morgan fingerprint density at radius 1 is 1.11 bits per heavy atom. The Labute approximate surface area is 208 Å². The van der Waals surface area contributed by atoms with Crippen molar-refractivity contribution in [2.24, 2.45) is 4.99 Å². The normalized spacial score (nSPS) is 16.9. The average molecular weight is 498 g/mol. The maximum atomic E-state index is 13.8. The lowest BCUT2D eigenvalue weighted by Gasteiger charge is -2.32. The van der Waals surface area contributed by atoms with E-state index in [0.29, 0.717) is 5.56 Å². The molecule has 1 heterocycles. The van der Waals surface area contributed by atoms with Gasteiger partial charge in [0.15, 0.2) is 0 Å². The van der Waals surface area contributed by atoms with Gasteiger partial charge in [0.25, 0.3) is 6.09 Å². The zero-order chi connectivity index (χ0) is 26.7. The Morgan fingerprint density at radius 3 is 2.36 bits per heavy atom. The molecule has 1 unspecified atom stereocenters. The van der Waals surface area contributed by atoms with Gasteiger partial charge in [0.2, 0.25) is 5.84 Å². The number of esters is 1. The van der Waals surface area contributed by atoms with E-state index in [0.717, 1.165) is 6.07 Å². The fraction of sp³-hybridized carbons (Fsp3) is 0.308. The Hall–Kier alpha value is -4.05. The predicted molar refractivity (Wildman–Crippen MR) is 130 cm³/mol. The fourth-order valence-corrected chi connectivity index (χ4v) is 3.48. The summed E-state index contributed by atoms with van der Waals surface area (Å²) in [4.78, 5) is 42.5. The average Bonchev–Trinajstić information content (AvgIpc) is 3.23. The van der Waals surface area contributed by atoms with Crippen LogP contribution in [0, 0.1) is 12.7 Å². The summed E-state index contributed by atoms with van der Waals surface area (Å²) in [6.45, 7) is 7.00. The Kier molecular flexibility index (Phi) is 7.59. The molecule has 2 aromatic rings. The second-order valence-electron chi connectivity index (χ2n) is 9.33. The van der Waals surface area contributed by atoms with Gasteiger partial charge in [0.1, 0.15) is 29.1 Å². The number of amides is 2. The molecule has 0 N–H and O–H groups in total. The molecule has 2 aromatic carbocycles. The number of nitrogens with zero attached hydrogens (tertiary/aromatic N) is 3. The van der Waals surface area contributed by atoms with Gasteiger partial charge in [-0.25, -0.2) is 19.0 Å². The van der Waals surface area contributed by atoms with E-state index >= 15 is 0 Å². The Morgan fingerprint density at radius 2 is 1.78 bits per heavy atom. The minimum Gasteiger partial charge on any atom is -0.497 e. The van der Waals surface area contributed by atoms with Crippen LogP contribution in [0.5, 0.6) is 5.75 Å². The van der Waals surface area contributed by atoms with E-state index < -0.39 is 34.1 Å². The van der Waals surface area contributed by atoms with Gasteiger partial charge < -0.3 is 24.3 Å². The summed E-state index contributed by atoms with van der Waals surface area (Å²) >= 11 is 0. The minimum absolute atomic E-state index is 0.0476. The van der Waals surface area contributed by atoms with Crippen LogP contribution in [0.15, 0.2) is 59.9 Å². The summed E-state index contributed by atoms with van der Waals surface area (Å²) in [5.74, 6) is -0.901. The first-order valence-electron chi connectivity index (χ1n) is 11.2. The topological polar surface area (TPSA) is 108 Å². The van der Waals surface area contributed by atoms with E-state index in [-0.39, 0.29) is 35.8 Å². The molecule has 0 aromatic heterocycles. The first kappa shape index (κ1) is 26.6. The maximum absolute atomic E-state index is 13.8. The zero-order valence-corrected chi connectivity index (χ0v) is 20.8. The summed E-state index contributed by atoms with van der Waals surface area (Å²) in [5, 5.41) is 12.3. The van der Waals surface area contributed by atoms with Gasteiger partial charge in [-0.05, 0) is 57.5 Å². The molecule has 1 aliphatic rings. The molecule has 9 nitrogen and oxygen atoms in total. The highest BCUT2D eigenvalue weighted by Crippen LogP contribution is 2.31. The summed E-state index contributed by atoms with van der Waals surface area (Å²) in [7, 11) is 1.55. The van der Waals surface area contributed by atoms with Gasteiger partial charge in [0.05, 0.1) is 18.2 Å². The number of benzene rings is 2. The number of carbonyl (C=O) groups excluding carboxylic acids is 3. The van der Waals surface area contributed by atoms with Crippen LogP contribution in [0.25, 0.3) is 0 Å². The van der Waals surface area contributed by atoms with Gasteiger partial charge in [0, 0.05) is 25.7 Å². The third kappa shape index (κ3) is 5.77. The van der Waals surface area contributed by atoms with E-state index in [2.05, 4.69) is 4.99 Å². The van der Waals surface area contributed by atoms with Crippen LogP contribution in [-0.4, -0.2) is 48.1 Å². The molecule has 0 bridgehead atoms. The molecular weight excluding hydrogens is 469 g/mol. The second-order valence-corrected chi connectivity index (χ2v) is 9.33. The molecule has 2 amide bonds. The van der Waals surface area contributed by atoms with Crippen LogP contribution in [0.1, 0.15) is 43.1 Å². The highest BCUT2D eigenvalue weighted by atomic mass is 19.1. The van der Waals surface area contributed by atoms with Crippen LogP contribution in [0.4, 0.5) is 19.7 Å². The number of halogens is 1. The number of aryl methyl sites for hydroxylation is 1. The number of amidine groups is 1. The number of quaternary nitrogens is 1. The van der Waals surface area contributed by atoms with Crippen molar-refractivity contribution in [3.8, 4) is 5.75 Å². The lowest BCUT2D eigenvalue weighted by Crippen LogP contribution is -2.59. The van der Waals surface area contributed by atoms with Gasteiger partial charge in [-0.3, -0.25) is 0 Å². The van der Waals surface area contributed by atoms with E-state index in [1.807, 2.05) is 0 Å². The van der Waals surface area contributed by atoms with Crippen molar-refractivity contribution in [1.82, 2.24) is 9.38 Å². The molecule has 36 heavy (non-hydrogen) atoms. The maximum Gasteiger partial charge on any atom is 0.410 e. The summed E-state index contributed by atoms with van der Waals surface area (Å²) in [5.41, 5.74) is 0.0668. The van der Waals surface area contributed by atoms with E-state index in [4.69, 9.17) is 9.47 Å². The number of rotatable bonds is 6. The monoisotopic (exact) mass is 497 g/mol. The molecule has 1 atom stereocenters. The van der Waals surface area contributed by atoms with Gasteiger partial charge >= 0.3 is 12.1 Å². The first-order chi connectivity index (χ1) is 16.8. The molecule has 0 saturated carbocycles. The number of carbonyl (C=O) groups is 3. The number of hydrogen-bond donors (Lipinski definition) is 0. The molecule has 0 fully saturated rings. The van der Waals surface area contributed by atoms with Crippen molar-refractivity contribution in [2.45, 2.75) is 39.7 Å². The van der Waals surface area contributed by atoms with Crippen LogP contribution in [0.3, 0.4) is 0 Å². The van der Waals surface area contributed by atoms with E-state index in [1.165, 1.54) is 53.7 Å². The largest absolute Gasteiger partial charge is 0.497 e. The molecule has 0 aliphatic carbocycles. The number of hydrogen-bond acceptors (Lipinski definition) is 7. The number of aliphatic imine (C=N–C) groups is 1. The third-order valence-corrected chi connectivity index (χ3v) is 5.45. The third-order valence-electron chi connectivity index (χ3n) is 5.45. The van der Waals surface area contributed by atoms with Crippen molar-refractivity contribution >= 4 is 29.7 Å². The smallest absolute Gasteiger partial charge is 0.410 e. The van der Waals surface area contributed by atoms with Crippen molar-refractivity contribution in [2.75, 3.05) is 13.6 Å². The quantitative estimate of drug-likeness (QED) is 0.337. The van der Waals surface area contributed by atoms with Crippen LogP contribution < -0.4 is 14.3 Å². The van der Waals surface area contributed by atoms with Crippen molar-refractivity contribution in [3.05, 3.63) is 71.8 Å². The fourth-order valence-electron chi connectivity index (χ4n) is 3.48. The van der Waals surface area contributed by atoms with Crippen molar-refractivity contribution in [3.63, 3.8) is 0 Å². The predicted octanol–water partition coefficient (Wildman–Crippen LogP) is 4.14. The highest BCUT2D eigenvalue weighted by molar-refractivity contribution is 6.10. The SMILES string of the molecule is Cc1ccc(C(=O)Oc2ccc([N+]3(C(=O)[O-])C=CN=C3CCN(C)C(=O)OC(C)(C)C)cc2)cc1F. The standard InChI is InChI=1S/C26H28FN3O6/c1-17-6-7-18(16-21(17)27)23(31)35-20-10-8-19(9-11-20)30(25(33)34)15-13-28-22(30)12-14-29(5)24(32)36-26(2,3)4/h6-11,13,15-16H,12,14H2,1-5H3. The van der Waals surface area contributed by atoms with E-state index in [9.17, 15) is 23.9 Å². The van der Waals surface area contributed by atoms with Gasteiger partial charge in [-0.1, -0.05) is 6.07 Å². The minimum atomic E-state index is -1.44. The van der Waals surface area contributed by atoms with Gasteiger partial charge in [-0.2, -0.15) is 4.48 Å². The van der Waals surface area contributed by atoms with Crippen LogP contribution in [-0.2, 0) is 4.74 Å². The summed E-state index contributed by atoms with van der Waals surface area (Å²) in [6.07, 6.45) is 0.863. The summed E-state index contributed by atoms with van der Waals surface area (Å²) < 4.78 is 23.6. The summed E-state index contributed by atoms with van der Waals surface area (Å²) in [6, 6.07) is 9.82. The zero-order valence-electron chi connectivity index (χ0n) is 20.8. The molecule has 10 heteroatoms. The Balaban J connectivity index is 1.75. The Bertz CT molecular complexity index is 1230. The molecular formula is C26H28FN3O6. The van der Waals surface area contributed by atoms with Crippen molar-refractivity contribution in [1.29, 1.82) is 0 Å². The van der Waals surface area contributed by atoms with Crippen LogP contribution in [0.2, 0.25) is 0 Å². The highest BCUT2D eigenvalue weighted by Gasteiger charge is 2.41. The second kappa shape index (κ2) is 10.3. The van der Waals surface area contributed by atoms with Gasteiger partial charge in [-0.15, -0.1) is 0 Å². The number of ether oxygens (including phenoxy) is 2.